The van der Waals surface area contributed by atoms with Crippen molar-refractivity contribution in [3.05, 3.63) is 187 Å². The van der Waals surface area contributed by atoms with Crippen LogP contribution >= 0.6 is 0 Å². The summed E-state index contributed by atoms with van der Waals surface area (Å²) in [6.07, 6.45) is 10.8. The predicted octanol–water partition coefficient (Wildman–Crippen LogP) is 11.8. The first kappa shape index (κ1) is 27.8. The molecule has 6 aromatic carbocycles. The van der Waals surface area contributed by atoms with Gasteiger partial charge in [0.2, 0.25) is 0 Å². The second kappa shape index (κ2) is 13.1. The fourth-order valence-corrected chi connectivity index (χ4v) is 5.36. The summed E-state index contributed by atoms with van der Waals surface area (Å²) in [5, 5.41) is 2.49. The molecule has 0 aliphatic heterocycles. The second-order valence-corrected chi connectivity index (χ2v) is 10.7. The number of nitrogens with zero attached hydrogens (tertiary/aromatic N) is 1. The highest BCUT2D eigenvalue weighted by molar-refractivity contribution is 5.88. The van der Waals surface area contributed by atoms with Gasteiger partial charge in [-0.05, 0) is 94.4 Å². The first-order valence-corrected chi connectivity index (χ1v) is 14.8. The summed E-state index contributed by atoms with van der Waals surface area (Å²) in [5.74, 6) is 0. The van der Waals surface area contributed by atoms with Gasteiger partial charge in [0.15, 0.2) is 0 Å². The minimum atomic E-state index is 1.10. The van der Waals surface area contributed by atoms with E-state index in [1.165, 1.54) is 49.7 Å². The van der Waals surface area contributed by atoms with Crippen LogP contribution in [0, 0.1) is 6.92 Å². The molecule has 6 rings (SSSR count). The Bertz CT molecular complexity index is 1890. The minimum Gasteiger partial charge on any atom is -0.317 e. The van der Waals surface area contributed by atoms with Crippen LogP contribution in [0.1, 0.15) is 18.1 Å². The Morgan fingerprint density at radius 1 is 0.535 bits per heavy atom. The van der Waals surface area contributed by atoms with Crippen molar-refractivity contribution < 1.29 is 0 Å². The molecule has 0 fully saturated rings. The van der Waals surface area contributed by atoms with E-state index in [-0.39, 0.29) is 0 Å². The summed E-state index contributed by atoms with van der Waals surface area (Å²) >= 11 is 0. The first-order valence-electron chi connectivity index (χ1n) is 14.8. The molecule has 1 heteroatoms. The van der Waals surface area contributed by atoms with Crippen molar-refractivity contribution in [1.82, 2.24) is 0 Å². The Hall–Kier alpha value is -5.40. The average molecular weight is 554 g/mol. The van der Waals surface area contributed by atoms with Crippen LogP contribution < -0.4 is 4.90 Å². The van der Waals surface area contributed by atoms with E-state index in [1.807, 2.05) is 0 Å². The summed E-state index contributed by atoms with van der Waals surface area (Å²) in [5.41, 5.74) is 10.7. The summed E-state index contributed by atoms with van der Waals surface area (Å²) in [7, 11) is 0. The third-order valence-corrected chi connectivity index (χ3v) is 7.72. The van der Waals surface area contributed by atoms with E-state index in [1.54, 1.807) is 0 Å². The SMILES string of the molecule is C\C=C/C(=C\C=C\N(c1ccc(-c2ccccc2)cc1)c1ccc(-c2ccc(C)cc2)cc1)c1ccc2ccccc2c1. The van der Waals surface area contributed by atoms with Crippen LogP contribution in [0.4, 0.5) is 11.4 Å². The standard InChI is InChI=1S/C42H35N/c1-3-10-33(40-21-20-35-13-7-8-14-39(35)31-40)15-9-30-43(41-26-22-37(23-27-41)34-11-5-4-6-12-34)42-28-24-38(25-29-42)36-18-16-32(2)17-19-36/h3-31H,1-2H3/b10-3-,30-9+,33-15+. The van der Waals surface area contributed by atoms with Crippen LogP contribution in [0.3, 0.4) is 0 Å². The zero-order chi connectivity index (χ0) is 29.4. The van der Waals surface area contributed by atoms with E-state index in [2.05, 4.69) is 195 Å². The third kappa shape index (κ3) is 6.58. The summed E-state index contributed by atoms with van der Waals surface area (Å²) < 4.78 is 0. The zero-order valence-electron chi connectivity index (χ0n) is 24.7. The van der Waals surface area contributed by atoms with Gasteiger partial charge in [-0.25, -0.2) is 0 Å². The van der Waals surface area contributed by atoms with Gasteiger partial charge in [0.05, 0.1) is 0 Å². The largest absolute Gasteiger partial charge is 0.317 e. The van der Waals surface area contributed by atoms with Crippen LogP contribution in [-0.2, 0) is 0 Å². The maximum atomic E-state index is 2.26. The molecule has 0 heterocycles. The lowest BCUT2D eigenvalue weighted by Gasteiger charge is -2.21. The molecule has 0 saturated carbocycles. The number of hydrogen-bond donors (Lipinski definition) is 0. The van der Waals surface area contributed by atoms with E-state index in [0.717, 1.165) is 11.4 Å². The van der Waals surface area contributed by atoms with E-state index < -0.39 is 0 Å². The Kier molecular flexibility index (Phi) is 8.43. The fourth-order valence-electron chi connectivity index (χ4n) is 5.36. The smallest absolute Gasteiger partial charge is 0.0455 e. The van der Waals surface area contributed by atoms with Crippen molar-refractivity contribution in [3.63, 3.8) is 0 Å². The monoisotopic (exact) mass is 553 g/mol. The van der Waals surface area contributed by atoms with Crippen LogP contribution in [0.2, 0.25) is 0 Å². The van der Waals surface area contributed by atoms with Crippen molar-refractivity contribution in [2.24, 2.45) is 0 Å². The fraction of sp³-hybridized carbons (Fsp3) is 0.0476. The Labute approximate surface area is 255 Å². The molecule has 6 aromatic rings. The van der Waals surface area contributed by atoms with Crippen molar-refractivity contribution >= 4 is 27.7 Å². The maximum absolute atomic E-state index is 2.26. The number of allylic oxidation sites excluding steroid dienone is 5. The van der Waals surface area contributed by atoms with Gasteiger partial charge in [-0.1, -0.05) is 139 Å². The first-order chi connectivity index (χ1) is 21.2. The number of rotatable bonds is 8. The average Bonchev–Trinajstić information content (AvgIpc) is 3.07. The summed E-state index contributed by atoms with van der Waals surface area (Å²) in [4.78, 5) is 2.25. The van der Waals surface area contributed by atoms with E-state index >= 15 is 0 Å². The molecule has 0 spiro atoms. The highest BCUT2D eigenvalue weighted by Crippen LogP contribution is 2.31. The van der Waals surface area contributed by atoms with E-state index in [0.29, 0.717) is 0 Å². The lowest BCUT2D eigenvalue weighted by Crippen LogP contribution is -2.08. The third-order valence-electron chi connectivity index (χ3n) is 7.72. The molecular weight excluding hydrogens is 518 g/mol. The number of aryl methyl sites for hydroxylation is 1. The van der Waals surface area contributed by atoms with Crippen LogP contribution in [0.5, 0.6) is 0 Å². The summed E-state index contributed by atoms with van der Waals surface area (Å²) in [6, 6.07) is 52.0. The molecular formula is C42H35N. The quantitative estimate of drug-likeness (QED) is 0.169. The molecule has 43 heavy (non-hydrogen) atoms. The van der Waals surface area contributed by atoms with Crippen LogP contribution in [0.15, 0.2) is 176 Å². The van der Waals surface area contributed by atoms with Gasteiger partial charge in [0, 0.05) is 17.6 Å². The van der Waals surface area contributed by atoms with Crippen LogP contribution in [-0.4, -0.2) is 0 Å². The van der Waals surface area contributed by atoms with Gasteiger partial charge in [-0.3, -0.25) is 0 Å². The van der Waals surface area contributed by atoms with Gasteiger partial charge in [0.1, 0.15) is 0 Å². The summed E-state index contributed by atoms with van der Waals surface area (Å²) in [6.45, 7) is 4.19. The second-order valence-electron chi connectivity index (χ2n) is 10.7. The lowest BCUT2D eigenvalue weighted by molar-refractivity contribution is 1.28. The maximum Gasteiger partial charge on any atom is 0.0455 e. The Morgan fingerprint density at radius 2 is 1.07 bits per heavy atom. The minimum absolute atomic E-state index is 1.10. The molecule has 0 aromatic heterocycles. The number of fused-ring (bicyclic) bond motifs is 1. The Balaban J connectivity index is 1.35. The van der Waals surface area contributed by atoms with E-state index in [9.17, 15) is 0 Å². The van der Waals surface area contributed by atoms with Crippen molar-refractivity contribution in [2.45, 2.75) is 13.8 Å². The molecule has 208 valence electrons. The van der Waals surface area contributed by atoms with Gasteiger partial charge in [-0.15, -0.1) is 0 Å². The van der Waals surface area contributed by atoms with Gasteiger partial charge >= 0.3 is 0 Å². The normalized spacial score (nSPS) is 11.9. The molecule has 0 saturated heterocycles. The van der Waals surface area contributed by atoms with Crippen molar-refractivity contribution in [3.8, 4) is 22.3 Å². The number of hydrogen-bond acceptors (Lipinski definition) is 1. The van der Waals surface area contributed by atoms with Gasteiger partial charge < -0.3 is 4.90 Å². The van der Waals surface area contributed by atoms with Crippen LogP contribution in [0.25, 0.3) is 38.6 Å². The van der Waals surface area contributed by atoms with Gasteiger partial charge in [-0.2, -0.15) is 0 Å². The molecule has 0 N–H and O–H groups in total. The predicted molar refractivity (Wildman–Crippen MR) is 187 cm³/mol. The number of benzene rings is 6. The van der Waals surface area contributed by atoms with Crippen molar-refractivity contribution in [2.75, 3.05) is 4.90 Å². The van der Waals surface area contributed by atoms with Gasteiger partial charge in [0.25, 0.3) is 0 Å². The Morgan fingerprint density at radius 3 is 1.67 bits per heavy atom. The highest BCUT2D eigenvalue weighted by Gasteiger charge is 2.09. The molecule has 0 radical (unpaired) electrons. The zero-order valence-corrected chi connectivity index (χ0v) is 24.7. The molecule has 0 bridgehead atoms. The molecule has 1 nitrogen and oxygen atoms in total. The topological polar surface area (TPSA) is 3.24 Å². The van der Waals surface area contributed by atoms with E-state index in [4.69, 9.17) is 0 Å². The highest BCUT2D eigenvalue weighted by atomic mass is 15.1. The molecule has 0 amide bonds. The number of anilines is 2. The molecule has 0 unspecified atom stereocenters. The molecule has 0 atom stereocenters. The lowest BCUT2D eigenvalue weighted by atomic mass is 10.0. The molecule has 0 aliphatic rings. The van der Waals surface area contributed by atoms with Crippen molar-refractivity contribution in [1.29, 1.82) is 0 Å². The molecule has 0 aliphatic carbocycles.